The van der Waals surface area contributed by atoms with Crippen LogP contribution < -0.4 is 5.32 Å². The van der Waals surface area contributed by atoms with E-state index in [-0.39, 0.29) is 5.28 Å². The van der Waals surface area contributed by atoms with Gasteiger partial charge in [-0.1, -0.05) is 49.1 Å². The van der Waals surface area contributed by atoms with Gasteiger partial charge in [-0.3, -0.25) is 4.98 Å². The summed E-state index contributed by atoms with van der Waals surface area (Å²) < 4.78 is 0. The number of nitrogens with zero attached hydrogens (tertiary/aromatic N) is 3. The molecule has 2 aromatic heterocycles. The molecule has 0 saturated carbocycles. The number of hydrogen-bond acceptors (Lipinski definition) is 4. The van der Waals surface area contributed by atoms with Crippen molar-refractivity contribution >= 4 is 33.9 Å². The highest BCUT2D eigenvalue weighted by Crippen LogP contribution is 2.31. The molecule has 5 heteroatoms. The monoisotopic (exact) mass is 362 g/mol. The molecule has 130 valence electrons. The fourth-order valence-electron chi connectivity index (χ4n) is 2.67. The van der Waals surface area contributed by atoms with Crippen LogP contribution in [0.3, 0.4) is 0 Å². The molecule has 0 bridgehead atoms. The highest BCUT2D eigenvalue weighted by Gasteiger charge is 2.12. The summed E-state index contributed by atoms with van der Waals surface area (Å²) in [5.41, 5.74) is 3.68. The summed E-state index contributed by atoms with van der Waals surface area (Å²) in [6.45, 7) is 6.45. The van der Waals surface area contributed by atoms with Crippen LogP contribution in [0.5, 0.6) is 0 Å². The second-order valence-electron chi connectivity index (χ2n) is 5.57. The Morgan fingerprint density at radius 3 is 2.81 bits per heavy atom. The number of anilines is 1. The topological polar surface area (TPSA) is 50.7 Å². The lowest BCUT2D eigenvalue weighted by Crippen LogP contribution is -2.05. The van der Waals surface area contributed by atoms with E-state index in [0.717, 1.165) is 27.7 Å². The number of fused-ring (bicyclic) bond motifs is 1. The van der Waals surface area contributed by atoms with Crippen molar-refractivity contribution in [2.24, 2.45) is 0 Å². The number of pyridine rings is 1. The standard InChI is InChI=1S/C21H19ClN4/c1-3-5-9-15(4-2)17-11-8-12-18-19(17)20(26-21(22)25-18)24-14-16-10-6-7-13-23-16/h3-13H,2,14H2,1H3,(H,24,25,26). The molecule has 26 heavy (non-hydrogen) atoms. The number of halogens is 1. The van der Waals surface area contributed by atoms with Gasteiger partial charge >= 0.3 is 0 Å². The van der Waals surface area contributed by atoms with Gasteiger partial charge in [-0.25, -0.2) is 9.97 Å². The van der Waals surface area contributed by atoms with Gasteiger partial charge in [0, 0.05) is 6.20 Å². The minimum Gasteiger partial charge on any atom is -0.364 e. The Balaban J connectivity index is 2.11. The zero-order valence-electron chi connectivity index (χ0n) is 14.5. The van der Waals surface area contributed by atoms with Gasteiger partial charge in [0.15, 0.2) is 0 Å². The molecule has 0 fully saturated rings. The van der Waals surface area contributed by atoms with E-state index in [0.29, 0.717) is 12.4 Å². The van der Waals surface area contributed by atoms with Crippen molar-refractivity contribution in [3.63, 3.8) is 0 Å². The van der Waals surface area contributed by atoms with Crippen LogP contribution in [0.25, 0.3) is 16.5 Å². The summed E-state index contributed by atoms with van der Waals surface area (Å²) in [4.78, 5) is 13.1. The molecule has 0 aliphatic heterocycles. The normalized spacial score (nSPS) is 11.8. The fraction of sp³-hybridized carbons (Fsp3) is 0.0952. The lowest BCUT2D eigenvalue weighted by molar-refractivity contribution is 1.03. The first-order valence-electron chi connectivity index (χ1n) is 8.28. The van der Waals surface area contributed by atoms with Crippen LogP contribution in [0, 0.1) is 0 Å². The van der Waals surface area contributed by atoms with Gasteiger partial charge in [-0.2, -0.15) is 0 Å². The van der Waals surface area contributed by atoms with Crippen LogP contribution in [0.15, 0.2) is 73.5 Å². The van der Waals surface area contributed by atoms with Gasteiger partial charge in [-0.15, -0.1) is 0 Å². The highest BCUT2D eigenvalue weighted by atomic mass is 35.5. The second kappa shape index (κ2) is 8.41. The second-order valence-corrected chi connectivity index (χ2v) is 5.91. The Bertz CT molecular complexity index is 978. The van der Waals surface area contributed by atoms with Gasteiger partial charge < -0.3 is 5.32 Å². The zero-order valence-corrected chi connectivity index (χ0v) is 15.2. The van der Waals surface area contributed by atoms with Crippen molar-refractivity contribution in [1.29, 1.82) is 0 Å². The van der Waals surface area contributed by atoms with E-state index in [1.165, 1.54) is 0 Å². The molecule has 0 atom stereocenters. The van der Waals surface area contributed by atoms with E-state index in [1.54, 1.807) is 6.20 Å². The van der Waals surface area contributed by atoms with Gasteiger partial charge in [0.25, 0.3) is 0 Å². The molecule has 4 nitrogen and oxygen atoms in total. The Morgan fingerprint density at radius 1 is 1.19 bits per heavy atom. The average Bonchev–Trinajstić information content (AvgIpc) is 2.67. The lowest BCUT2D eigenvalue weighted by atomic mass is 10.00. The van der Waals surface area contributed by atoms with Crippen molar-refractivity contribution in [2.75, 3.05) is 5.32 Å². The van der Waals surface area contributed by atoms with Crippen molar-refractivity contribution < 1.29 is 0 Å². The zero-order chi connectivity index (χ0) is 18.4. The predicted molar refractivity (Wildman–Crippen MR) is 109 cm³/mol. The first-order chi connectivity index (χ1) is 12.7. The van der Waals surface area contributed by atoms with Gasteiger partial charge in [-0.05, 0) is 47.9 Å². The molecule has 0 saturated heterocycles. The molecule has 3 aromatic rings. The Morgan fingerprint density at radius 2 is 2.08 bits per heavy atom. The van der Waals surface area contributed by atoms with E-state index >= 15 is 0 Å². The molecular weight excluding hydrogens is 344 g/mol. The molecule has 3 rings (SSSR count). The average molecular weight is 363 g/mol. The lowest BCUT2D eigenvalue weighted by Gasteiger charge is -2.13. The van der Waals surface area contributed by atoms with E-state index in [4.69, 9.17) is 11.6 Å². The Labute approximate surface area is 158 Å². The van der Waals surface area contributed by atoms with Gasteiger partial charge in [0.1, 0.15) is 5.82 Å². The largest absolute Gasteiger partial charge is 0.364 e. The maximum absolute atomic E-state index is 6.13. The predicted octanol–water partition coefficient (Wildman–Crippen LogP) is 5.44. The summed E-state index contributed by atoms with van der Waals surface area (Å²) in [6.07, 6.45) is 9.56. The fourth-order valence-corrected chi connectivity index (χ4v) is 2.84. The minimum atomic E-state index is 0.204. The Kier molecular flexibility index (Phi) is 5.77. The van der Waals surface area contributed by atoms with Crippen molar-refractivity contribution in [1.82, 2.24) is 15.0 Å². The number of aromatic nitrogens is 3. The van der Waals surface area contributed by atoms with Crippen LogP contribution >= 0.6 is 11.6 Å². The summed E-state index contributed by atoms with van der Waals surface area (Å²) >= 11 is 6.13. The van der Waals surface area contributed by atoms with E-state index in [1.807, 2.05) is 67.6 Å². The molecule has 1 aromatic carbocycles. The maximum atomic E-state index is 6.13. The molecule has 0 radical (unpaired) electrons. The molecule has 1 N–H and O–H groups in total. The van der Waals surface area contributed by atoms with Gasteiger partial charge in [0.05, 0.1) is 23.1 Å². The van der Waals surface area contributed by atoms with Gasteiger partial charge in [0.2, 0.25) is 5.28 Å². The number of benzene rings is 1. The van der Waals surface area contributed by atoms with E-state index < -0.39 is 0 Å². The molecular formula is C21H19ClN4. The number of rotatable bonds is 6. The van der Waals surface area contributed by atoms with Crippen LogP contribution in [-0.2, 0) is 6.54 Å². The van der Waals surface area contributed by atoms with Crippen molar-refractivity contribution in [3.05, 3.63) is 90.0 Å². The maximum Gasteiger partial charge on any atom is 0.224 e. The third-order valence-electron chi connectivity index (χ3n) is 3.86. The summed E-state index contributed by atoms with van der Waals surface area (Å²) in [5, 5.41) is 4.45. The third kappa shape index (κ3) is 3.98. The quantitative estimate of drug-likeness (QED) is 0.469. The van der Waals surface area contributed by atoms with Crippen molar-refractivity contribution in [3.8, 4) is 0 Å². The summed E-state index contributed by atoms with van der Waals surface area (Å²) in [5.74, 6) is 0.675. The SMILES string of the molecule is C=CC(=CC=CC)c1cccc2nc(Cl)nc(NCc3ccccn3)c12. The van der Waals surface area contributed by atoms with Crippen LogP contribution in [-0.4, -0.2) is 15.0 Å². The van der Waals surface area contributed by atoms with Crippen molar-refractivity contribution in [2.45, 2.75) is 13.5 Å². The molecule has 0 aliphatic carbocycles. The molecule has 0 amide bonds. The van der Waals surface area contributed by atoms with Crippen LogP contribution in [0.1, 0.15) is 18.2 Å². The highest BCUT2D eigenvalue weighted by molar-refractivity contribution is 6.29. The molecule has 0 spiro atoms. The number of hydrogen-bond donors (Lipinski definition) is 1. The minimum absolute atomic E-state index is 0.204. The number of allylic oxidation sites excluding steroid dienone is 5. The first-order valence-corrected chi connectivity index (χ1v) is 8.66. The van der Waals surface area contributed by atoms with Crippen LogP contribution in [0.4, 0.5) is 5.82 Å². The molecule has 0 aliphatic rings. The Hall–Kier alpha value is -2.98. The molecule has 2 heterocycles. The molecule has 0 unspecified atom stereocenters. The van der Waals surface area contributed by atoms with E-state index in [9.17, 15) is 0 Å². The smallest absolute Gasteiger partial charge is 0.224 e. The summed E-state index contributed by atoms with van der Waals surface area (Å²) in [7, 11) is 0. The number of nitrogens with one attached hydrogen (secondary N) is 1. The third-order valence-corrected chi connectivity index (χ3v) is 4.03. The van der Waals surface area contributed by atoms with E-state index in [2.05, 4.69) is 26.8 Å². The summed E-state index contributed by atoms with van der Waals surface area (Å²) in [6, 6.07) is 11.7. The first kappa shape index (κ1) is 17.8. The van der Waals surface area contributed by atoms with Crippen LogP contribution in [0.2, 0.25) is 5.28 Å².